The molecule has 2 amide bonds. The maximum atomic E-state index is 12.7. The van der Waals surface area contributed by atoms with Gasteiger partial charge >= 0.3 is 0 Å². The third kappa shape index (κ3) is 5.20. The van der Waals surface area contributed by atoms with E-state index in [1.807, 2.05) is 20.8 Å². The molecular weight excluding hydrogens is 452 g/mol. The fraction of sp³-hybridized carbons (Fsp3) is 0.333. The Bertz CT molecular complexity index is 1140. The molecule has 0 unspecified atom stereocenters. The number of hydrogen-bond donors (Lipinski definition) is 3. The summed E-state index contributed by atoms with van der Waals surface area (Å²) in [6.45, 7) is 8.76. The molecular formula is C21H25ClN6O3S. The van der Waals surface area contributed by atoms with Gasteiger partial charge in [0.2, 0.25) is 5.91 Å². The van der Waals surface area contributed by atoms with Gasteiger partial charge in [0.25, 0.3) is 5.91 Å². The van der Waals surface area contributed by atoms with Gasteiger partial charge in [0.15, 0.2) is 10.9 Å². The molecule has 0 aliphatic carbocycles. The molecule has 3 N–H and O–H groups in total. The first-order chi connectivity index (χ1) is 15.2. The molecule has 0 atom stereocenters. The SMILES string of the molecule is CCN(CC)C(=O)Cn1cc(Cl)c(Nc2ncc(C(=O)Nc3c(C)ccc(O)c3C)s2)n1. The number of rotatable bonds is 8. The lowest BCUT2D eigenvalue weighted by Crippen LogP contribution is -2.33. The smallest absolute Gasteiger partial charge is 0.267 e. The molecule has 0 saturated heterocycles. The Morgan fingerprint density at radius 2 is 1.97 bits per heavy atom. The molecule has 2 aromatic heterocycles. The third-order valence-corrected chi connectivity index (χ3v) is 6.16. The zero-order valence-corrected chi connectivity index (χ0v) is 19.8. The van der Waals surface area contributed by atoms with Gasteiger partial charge in [-0.2, -0.15) is 5.10 Å². The summed E-state index contributed by atoms with van der Waals surface area (Å²) >= 11 is 7.39. The zero-order chi connectivity index (χ0) is 23.4. The number of aromatic nitrogens is 3. The first-order valence-electron chi connectivity index (χ1n) is 10.1. The molecule has 0 fully saturated rings. The molecule has 9 nitrogen and oxygen atoms in total. The maximum Gasteiger partial charge on any atom is 0.267 e. The highest BCUT2D eigenvalue weighted by molar-refractivity contribution is 7.17. The van der Waals surface area contributed by atoms with E-state index < -0.39 is 0 Å². The Balaban J connectivity index is 1.69. The van der Waals surface area contributed by atoms with Crippen molar-refractivity contribution in [2.45, 2.75) is 34.2 Å². The van der Waals surface area contributed by atoms with Crippen LogP contribution in [0.25, 0.3) is 0 Å². The van der Waals surface area contributed by atoms with E-state index in [0.717, 1.165) is 16.9 Å². The molecule has 0 saturated carbocycles. The summed E-state index contributed by atoms with van der Waals surface area (Å²) in [5.41, 5.74) is 2.00. The molecule has 1 aromatic carbocycles. The van der Waals surface area contributed by atoms with E-state index in [1.54, 1.807) is 30.2 Å². The number of nitrogens with zero attached hydrogens (tertiary/aromatic N) is 4. The van der Waals surface area contributed by atoms with Crippen LogP contribution in [0.15, 0.2) is 24.5 Å². The Morgan fingerprint density at radius 1 is 1.25 bits per heavy atom. The fourth-order valence-electron chi connectivity index (χ4n) is 3.12. The predicted octanol–water partition coefficient (Wildman–Crippen LogP) is 4.18. The van der Waals surface area contributed by atoms with E-state index in [1.165, 1.54) is 10.9 Å². The Morgan fingerprint density at radius 3 is 2.66 bits per heavy atom. The summed E-state index contributed by atoms with van der Waals surface area (Å²) in [7, 11) is 0. The number of hydrogen-bond acceptors (Lipinski definition) is 7. The van der Waals surface area contributed by atoms with Crippen molar-refractivity contribution in [3.63, 3.8) is 0 Å². The van der Waals surface area contributed by atoms with Gasteiger partial charge in [-0.25, -0.2) is 4.98 Å². The molecule has 3 rings (SSSR count). The van der Waals surface area contributed by atoms with Crippen LogP contribution in [-0.2, 0) is 11.3 Å². The van der Waals surface area contributed by atoms with Gasteiger partial charge < -0.3 is 20.6 Å². The van der Waals surface area contributed by atoms with Crippen molar-refractivity contribution in [1.29, 1.82) is 0 Å². The minimum absolute atomic E-state index is 0.0496. The highest BCUT2D eigenvalue weighted by Gasteiger charge is 2.17. The van der Waals surface area contributed by atoms with E-state index in [0.29, 0.717) is 45.2 Å². The fourth-order valence-corrected chi connectivity index (χ4v) is 4.03. The Kier molecular flexibility index (Phi) is 7.37. The van der Waals surface area contributed by atoms with Crippen LogP contribution in [0.1, 0.15) is 34.6 Å². The molecule has 0 radical (unpaired) electrons. The zero-order valence-electron chi connectivity index (χ0n) is 18.3. The number of aromatic hydroxyl groups is 1. The predicted molar refractivity (Wildman–Crippen MR) is 126 cm³/mol. The number of phenols is 1. The van der Waals surface area contributed by atoms with Crippen LogP contribution in [0.4, 0.5) is 16.6 Å². The van der Waals surface area contributed by atoms with Crippen LogP contribution in [0.5, 0.6) is 5.75 Å². The number of nitrogens with one attached hydrogen (secondary N) is 2. The van der Waals surface area contributed by atoms with E-state index in [9.17, 15) is 14.7 Å². The standard InChI is InChI=1S/C21H25ClN6O3S/c1-5-27(6-2)17(30)11-28-10-14(22)19(26-28)25-21-23-9-16(32-21)20(31)24-18-12(3)7-8-15(29)13(18)4/h7-10,29H,5-6,11H2,1-4H3,(H,24,31)(H,23,25,26). The van der Waals surface area contributed by atoms with Crippen molar-refractivity contribution in [1.82, 2.24) is 19.7 Å². The number of amides is 2. The van der Waals surface area contributed by atoms with Crippen molar-refractivity contribution in [2.75, 3.05) is 23.7 Å². The van der Waals surface area contributed by atoms with Gasteiger partial charge in [-0.3, -0.25) is 14.3 Å². The normalized spacial score (nSPS) is 10.8. The number of benzene rings is 1. The summed E-state index contributed by atoms with van der Waals surface area (Å²) in [4.78, 5) is 31.3. The second-order valence-corrected chi connectivity index (χ2v) is 8.54. The molecule has 0 aliphatic heterocycles. The van der Waals surface area contributed by atoms with E-state index >= 15 is 0 Å². The second kappa shape index (κ2) is 10.0. The van der Waals surface area contributed by atoms with Crippen molar-refractivity contribution in [3.8, 4) is 5.75 Å². The highest BCUT2D eigenvalue weighted by atomic mass is 35.5. The van der Waals surface area contributed by atoms with Gasteiger partial charge in [0, 0.05) is 24.8 Å². The average Bonchev–Trinajstić information content (AvgIpc) is 3.36. The van der Waals surface area contributed by atoms with Gasteiger partial charge in [-0.05, 0) is 39.3 Å². The quantitative estimate of drug-likeness (QED) is 0.449. The highest BCUT2D eigenvalue weighted by Crippen LogP contribution is 2.30. The minimum atomic E-state index is -0.339. The van der Waals surface area contributed by atoms with Crippen LogP contribution < -0.4 is 10.6 Å². The molecule has 0 bridgehead atoms. The van der Waals surface area contributed by atoms with Gasteiger partial charge in [-0.15, -0.1) is 0 Å². The van der Waals surface area contributed by atoms with Gasteiger partial charge in [-0.1, -0.05) is 29.0 Å². The summed E-state index contributed by atoms with van der Waals surface area (Å²) in [5.74, 6) is 0.0718. The van der Waals surface area contributed by atoms with Crippen LogP contribution in [-0.4, -0.2) is 49.7 Å². The van der Waals surface area contributed by atoms with Gasteiger partial charge in [0.05, 0.1) is 11.9 Å². The number of thiazole rings is 1. The van der Waals surface area contributed by atoms with Crippen molar-refractivity contribution >= 4 is 51.4 Å². The molecule has 0 aliphatic rings. The maximum absolute atomic E-state index is 12.7. The summed E-state index contributed by atoms with van der Waals surface area (Å²) in [6, 6.07) is 3.33. The van der Waals surface area contributed by atoms with E-state index in [4.69, 9.17) is 11.6 Å². The number of likely N-dealkylation sites (N-methyl/N-ethyl adjacent to an activating group) is 1. The molecule has 170 valence electrons. The molecule has 11 heteroatoms. The van der Waals surface area contributed by atoms with Crippen molar-refractivity contribution in [3.05, 3.63) is 45.6 Å². The summed E-state index contributed by atoms with van der Waals surface area (Å²) in [5, 5.41) is 20.8. The number of carbonyl (C=O) groups is 2. The monoisotopic (exact) mass is 476 g/mol. The number of halogens is 1. The van der Waals surface area contributed by atoms with Gasteiger partial charge in [0.1, 0.15) is 22.2 Å². The third-order valence-electron chi connectivity index (χ3n) is 4.97. The molecule has 0 spiro atoms. The van der Waals surface area contributed by atoms with E-state index in [-0.39, 0.29) is 24.1 Å². The lowest BCUT2D eigenvalue weighted by molar-refractivity contribution is -0.131. The first kappa shape index (κ1) is 23.6. The summed E-state index contributed by atoms with van der Waals surface area (Å²) < 4.78 is 1.47. The average molecular weight is 477 g/mol. The lowest BCUT2D eigenvalue weighted by Gasteiger charge is -2.18. The van der Waals surface area contributed by atoms with Crippen LogP contribution in [0.2, 0.25) is 5.02 Å². The topological polar surface area (TPSA) is 112 Å². The summed E-state index contributed by atoms with van der Waals surface area (Å²) in [6.07, 6.45) is 3.02. The van der Waals surface area contributed by atoms with Crippen molar-refractivity contribution in [2.24, 2.45) is 0 Å². The second-order valence-electron chi connectivity index (χ2n) is 7.10. The Labute approximate surface area is 195 Å². The van der Waals surface area contributed by atoms with E-state index in [2.05, 4.69) is 20.7 Å². The molecule has 2 heterocycles. The molecule has 3 aromatic rings. The van der Waals surface area contributed by atoms with Crippen LogP contribution >= 0.6 is 22.9 Å². The lowest BCUT2D eigenvalue weighted by atomic mass is 10.1. The number of aryl methyl sites for hydroxylation is 1. The first-order valence-corrected chi connectivity index (χ1v) is 11.3. The van der Waals surface area contributed by atoms with Crippen molar-refractivity contribution < 1.29 is 14.7 Å². The number of carbonyl (C=O) groups excluding carboxylic acids is 2. The van der Waals surface area contributed by atoms with Crippen LogP contribution in [0.3, 0.4) is 0 Å². The Hall–Kier alpha value is -3.11. The number of phenolic OH excluding ortho intramolecular Hbond substituents is 1. The largest absolute Gasteiger partial charge is 0.508 e. The number of anilines is 3. The minimum Gasteiger partial charge on any atom is -0.508 e. The molecule has 32 heavy (non-hydrogen) atoms. The van der Waals surface area contributed by atoms with Crippen LogP contribution in [0, 0.1) is 13.8 Å².